The summed E-state index contributed by atoms with van der Waals surface area (Å²) in [5.41, 5.74) is 6.11. The number of rotatable bonds is 3. The van der Waals surface area contributed by atoms with Crippen LogP contribution in [0.1, 0.15) is 25.7 Å². The van der Waals surface area contributed by atoms with Crippen molar-refractivity contribution in [1.29, 1.82) is 0 Å². The van der Waals surface area contributed by atoms with E-state index in [1.165, 1.54) is 32.4 Å². The molecule has 0 aromatic rings. The molecular formula is C10H20N2O. The van der Waals surface area contributed by atoms with Gasteiger partial charge in [0.25, 0.3) is 0 Å². The predicted octanol–water partition coefficient (Wildman–Crippen LogP) is 0.182. The Morgan fingerprint density at radius 2 is 2.31 bits per heavy atom. The van der Waals surface area contributed by atoms with Crippen LogP contribution >= 0.6 is 0 Å². The highest BCUT2D eigenvalue weighted by Crippen LogP contribution is 2.44. The molecule has 76 valence electrons. The van der Waals surface area contributed by atoms with Crippen molar-refractivity contribution in [2.75, 3.05) is 26.2 Å². The number of aliphatic hydroxyl groups excluding tert-OH is 1. The van der Waals surface area contributed by atoms with E-state index in [1.807, 2.05) is 0 Å². The molecule has 2 unspecified atom stereocenters. The van der Waals surface area contributed by atoms with Crippen LogP contribution in [0.15, 0.2) is 0 Å². The van der Waals surface area contributed by atoms with Gasteiger partial charge in [0.05, 0.1) is 0 Å². The fraction of sp³-hybridized carbons (Fsp3) is 1.00. The van der Waals surface area contributed by atoms with E-state index in [0.717, 1.165) is 13.0 Å². The Bertz CT molecular complexity index is 182. The highest BCUT2D eigenvalue weighted by molar-refractivity contribution is 5.02. The molecule has 2 aliphatic rings. The van der Waals surface area contributed by atoms with Crippen molar-refractivity contribution in [2.45, 2.75) is 31.7 Å². The van der Waals surface area contributed by atoms with Crippen LogP contribution in [-0.4, -0.2) is 42.3 Å². The number of hydrogen-bond donors (Lipinski definition) is 2. The molecule has 0 aliphatic carbocycles. The fourth-order valence-corrected chi connectivity index (χ4v) is 3.17. The Hall–Kier alpha value is -0.120. The number of nitrogens with two attached hydrogens (primary N) is 1. The zero-order valence-corrected chi connectivity index (χ0v) is 8.21. The monoisotopic (exact) mass is 184 g/mol. The third-order valence-electron chi connectivity index (χ3n) is 3.98. The minimum absolute atomic E-state index is 0.241. The van der Waals surface area contributed by atoms with Gasteiger partial charge in [-0.25, -0.2) is 0 Å². The maximum absolute atomic E-state index is 9.07. The Balaban J connectivity index is 2.11. The van der Waals surface area contributed by atoms with Gasteiger partial charge in [-0.3, -0.25) is 4.90 Å². The predicted molar refractivity (Wildman–Crippen MR) is 52.4 cm³/mol. The summed E-state index contributed by atoms with van der Waals surface area (Å²) in [4.78, 5) is 2.56. The Morgan fingerprint density at radius 1 is 1.46 bits per heavy atom. The van der Waals surface area contributed by atoms with Crippen molar-refractivity contribution in [2.24, 2.45) is 11.1 Å². The highest BCUT2D eigenvalue weighted by atomic mass is 16.3. The lowest BCUT2D eigenvalue weighted by atomic mass is 9.76. The maximum atomic E-state index is 9.07. The van der Waals surface area contributed by atoms with Crippen LogP contribution in [-0.2, 0) is 0 Å². The molecule has 0 amide bonds. The van der Waals surface area contributed by atoms with Gasteiger partial charge < -0.3 is 10.8 Å². The SMILES string of the molecule is NCC1(CCO)CCN2CCCC21. The fourth-order valence-electron chi connectivity index (χ4n) is 3.17. The van der Waals surface area contributed by atoms with E-state index < -0.39 is 0 Å². The third-order valence-corrected chi connectivity index (χ3v) is 3.98. The van der Waals surface area contributed by atoms with Crippen molar-refractivity contribution in [3.05, 3.63) is 0 Å². The standard InChI is InChI=1S/C10H20N2O/c11-8-10(4-7-13)3-6-12-5-1-2-9(10)12/h9,13H,1-8,11H2. The first-order valence-corrected chi connectivity index (χ1v) is 5.37. The summed E-state index contributed by atoms with van der Waals surface area (Å²) >= 11 is 0. The van der Waals surface area contributed by atoms with Crippen LogP contribution < -0.4 is 5.73 Å². The molecule has 2 fully saturated rings. The lowest BCUT2D eigenvalue weighted by molar-refractivity contribution is 0.143. The summed E-state index contributed by atoms with van der Waals surface area (Å²) < 4.78 is 0. The average Bonchev–Trinajstić information content (AvgIpc) is 2.69. The van der Waals surface area contributed by atoms with Crippen molar-refractivity contribution in [3.63, 3.8) is 0 Å². The van der Waals surface area contributed by atoms with E-state index in [1.54, 1.807) is 0 Å². The van der Waals surface area contributed by atoms with E-state index in [-0.39, 0.29) is 5.41 Å². The zero-order chi connectivity index (χ0) is 9.31. The van der Waals surface area contributed by atoms with Gasteiger partial charge in [-0.05, 0) is 45.3 Å². The van der Waals surface area contributed by atoms with Crippen molar-refractivity contribution < 1.29 is 5.11 Å². The lowest BCUT2D eigenvalue weighted by Gasteiger charge is -2.33. The second-order valence-corrected chi connectivity index (χ2v) is 4.48. The van der Waals surface area contributed by atoms with Gasteiger partial charge in [0.1, 0.15) is 0 Å². The van der Waals surface area contributed by atoms with Crippen LogP contribution in [0.4, 0.5) is 0 Å². The Labute approximate surface area is 79.9 Å². The van der Waals surface area contributed by atoms with Gasteiger partial charge in [0.2, 0.25) is 0 Å². The molecule has 2 rings (SSSR count). The molecule has 0 aromatic carbocycles. The van der Waals surface area contributed by atoms with Crippen LogP contribution in [0.2, 0.25) is 0 Å². The smallest absolute Gasteiger partial charge is 0.0437 e. The van der Waals surface area contributed by atoms with Gasteiger partial charge in [-0.15, -0.1) is 0 Å². The molecule has 2 aliphatic heterocycles. The molecule has 3 heteroatoms. The summed E-state index contributed by atoms with van der Waals surface area (Å²) in [6, 6.07) is 0.671. The number of fused-ring (bicyclic) bond motifs is 1. The van der Waals surface area contributed by atoms with Gasteiger partial charge in [-0.1, -0.05) is 0 Å². The van der Waals surface area contributed by atoms with Crippen LogP contribution in [0.25, 0.3) is 0 Å². The molecule has 2 atom stereocenters. The van der Waals surface area contributed by atoms with E-state index in [0.29, 0.717) is 12.6 Å². The summed E-state index contributed by atoms with van der Waals surface area (Å²) in [6.45, 7) is 3.48. The molecule has 3 nitrogen and oxygen atoms in total. The number of nitrogens with zero attached hydrogens (tertiary/aromatic N) is 1. The van der Waals surface area contributed by atoms with E-state index in [9.17, 15) is 0 Å². The molecule has 0 saturated carbocycles. The quantitative estimate of drug-likeness (QED) is 0.658. The third kappa shape index (κ3) is 1.39. The van der Waals surface area contributed by atoms with Crippen molar-refractivity contribution in [1.82, 2.24) is 4.90 Å². The van der Waals surface area contributed by atoms with Gasteiger partial charge >= 0.3 is 0 Å². The van der Waals surface area contributed by atoms with Crippen molar-refractivity contribution >= 4 is 0 Å². The van der Waals surface area contributed by atoms with Crippen LogP contribution in [0, 0.1) is 5.41 Å². The van der Waals surface area contributed by atoms with Gasteiger partial charge in [-0.2, -0.15) is 0 Å². The zero-order valence-electron chi connectivity index (χ0n) is 8.21. The topological polar surface area (TPSA) is 49.5 Å². The normalized spacial score (nSPS) is 39.7. The summed E-state index contributed by atoms with van der Waals surface area (Å²) in [6.07, 6.45) is 4.69. The molecular weight excluding hydrogens is 164 g/mol. The molecule has 13 heavy (non-hydrogen) atoms. The summed E-state index contributed by atoms with van der Waals surface area (Å²) in [7, 11) is 0. The first-order valence-electron chi connectivity index (χ1n) is 5.37. The molecule has 0 bridgehead atoms. The Kier molecular flexibility index (Phi) is 2.58. The lowest BCUT2D eigenvalue weighted by Crippen LogP contribution is -2.41. The number of hydrogen-bond acceptors (Lipinski definition) is 3. The second-order valence-electron chi connectivity index (χ2n) is 4.48. The molecule has 0 radical (unpaired) electrons. The maximum Gasteiger partial charge on any atom is 0.0437 e. The van der Waals surface area contributed by atoms with Gasteiger partial charge in [0, 0.05) is 18.1 Å². The molecule has 3 N–H and O–H groups in total. The minimum Gasteiger partial charge on any atom is -0.396 e. The largest absolute Gasteiger partial charge is 0.396 e. The van der Waals surface area contributed by atoms with Crippen LogP contribution in [0.3, 0.4) is 0 Å². The van der Waals surface area contributed by atoms with Gasteiger partial charge in [0.15, 0.2) is 0 Å². The first kappa shape index (κ1) is 9.44. The van der Waals surface area contributed by atoms with Crippen molar-refractivity contribution in [3.8, 4) is 0 Å². The van der Waals surface area contributed by atoms with E-state index in [4.69, 9.17) is 10.8 Å². The Morgan fingerprint density at radius 3 is 3.00 bits per heavy atom. The highest BCUT2D eigenvalue weighted by Gasteiger charge is 2.47. The van der Waals surface area contributed by atoms with E-state index >= 15 is 0 Å². The summed E-state index contributed by atoms with van der Waals surface area (Å²) in [5.74, 6) is 0. The molecule has 2 saturated heterocycles. The molecule has 2 heterocycles. The number of aliphatic hydroxyl groups is 1. The molecule has 0 spiro atoms. The first-order chi connectivity index (χ1) is 6.32. The second kappa shape index (κ2) is 3.56. The summed E-state index contributed by atoms with van der Waals surface area (Å²) in [5, 5.41) is 9.07. The average molecular weight is 184 g/mol. The molecule has 0 aromatic heterocycles. The van der Waals surface area contributed by atoms with E-state index in [2.05, 4.69) is 4.90 Å². The minimum atomic E-state index is 0.241. The van der Waals surface area contributed by atoms with Crippen LogP contribution in [0.5, 0.6) is 0 Å².